The van der Waals surface area contributed by atoms with Crippen LogP contribution < -0.4 is 5.90 Å². The molecule has 12 heavy (non-hydrogen) atoms. The molecule has 1 aromatic rings. The van der Waals surface area contributed by atoms with Crippen molar-refractivity contribution in [2.75, 3.05) is 7.11 Å². The summed E-state index contributed by atoms with van der Waals surface area (Å²) < 4.78 is 12.2. The van der Waals surface area contributed by atoms with E-state index in [9.17, 15) is 4.39 Å². The van der Waals surface area contributed by atoms with Crippen molar-refractivity contribution in [3.05, 3.63) is 35.6 Å². The Morgan fingerprint density at radius 3 is 2.17 bits per heavy atom. The van der Waals surface area contributed by atoms with Crippen molar-refractivity contribution in [3.63, 3.8) is 0 Å². The molecule has 0 atom stereocenters. The third kappa shape index (κ3) is 4.45. The van der Waals surface area contributed by atoms with Crippen LogP contribution in [0, 0.1) is 18.2 Å². The molecule has 0 aliphatic heterocycles. The molecule has 1 rings (SSSR count). The summed E-state index contributed by atoms with van der Waals surface area (Å²) in [6.45, 7) is 0. The SMILES string of the molecule is C#Cc1ccc(F)cc1.CON. The highest BCUT2D eigenvalue weighted by atomic mass is 19.1. The van der Waals surface area contributed by atoms with Gasteiger partial charge < -0.3 is 4.84 Å². The Morgan fingerprint density at radius 2 is 1.83 bits per heavy atom. The normalized spacial score (nSPS) is 7.83. The van der Waals surface area contributed by atoms with Crippen LogP contribution in [-0.4, -0.2) is 7.11 Å². The second-order valence-electron chi connectivity index (χ2n) is 1.89. The van der Waals surface area contributed by atoms with Crippen LogP contribution in [0.4, 0.5) is 4.39 Å². The quantitative estimate of drug-likeness (QED) is 0.467. The summed E-state index contributed by atoms with van der Waals surface area (Å²) in [6.07, 6.45) is 5.03. The first-order valence-corrected chi connectivity index (χ1v) is 3.19. The van der Waals surface area contributed by atoms with E-state index in [2.05, 4.69) is 16.7 Å². The van der Waals surface area contributed by atoms with Crippen molar-refractivity contribution < 1.29 is 9.23 Å². The highest BCUT2D eigenvalue weighted by molar-refractivity contribution is 5.31. The van der Waals surface area contributed by atoms with Gasteiger partial charge in [0.1, 0.15) is 5.82 Å². The summed E-state index contributed by atoms with van der Waals surface area (Å²) >= 11 is 0. The van der Waals surface area contributed by atoms with Gasteiger partial charge in [-0.1, -0.05) is 5.92 Å². The lowest BCUT2D eigenvalue weighted by molar-refractivity contribution is 0.206. The van der Waals surface area contributed by atoms with Crippen LogP contribution in [0.3, 0.4) is 0 Å². The first-order valence-electron chi connectivity index (χ1n) is 3.19. The minimum absolute atomic E-state index is 0.256. The molecule has 0 fully saturated rings. The zero-order valence-electron chi connectivity index (χ0n) is 6.75. The van der Waals surface area contributed by atoms with Crippen LogP contribution in [0.2, 0.25) is 0 Å². The smallest absolute Gasteiger partial charge is 0.123 e. The van der Waals surface area contributed by atoms with Gasteiger partial charge in [0.05, 0.1) is 7.11 Å². The van der Waals surface area contributed by atoms with Crippen LogP contribution in [0.1, 0.15) is 5.56 Å². The molecule has 2 N–H and O–H groups in total. The van der Waals surface area contributed by atoms with Gasteiger partial charge in [0, 0.05) is 5.56 Å². The topological polar surface area (TPSA) is 35.2 Å². The van der Waals surface area contributed by atoms with E-state index in [1.54, 1.807) is 12.1 Å². The van der Waals surface area contributed by atoms with Crippen molar-refractivity contribution in [1.82, 2.24) is 0 Å². The van der Waals surface area contributed by atoms with Gasteiger partial charge in [-0.25, -0.2) is 10.3 Å². The summed E-state index contributed by atoms with van der Waals surface area (Å²) in [5.74, 6) is 6.48. The number of nitrogens with two attached hydrogens (primary N) is 1. The van der Waals surface area contributed by atoms with Crippen molar-refractivity contribution in [3.8, 4) is 12.3 Å². The van der Waals surface area contributed by atoms with Gasteiger partial charge >= 0.3 is 0 Å². The van der Waals surface area contributed by atoms with Crippen LogP contribution in [0.15, 0.2) is 24.3 Å². The molecule has 0 saturated heterocycles. The van der Waals surface area contributed by atoms with E-state index >= 15 is 0 Å². The minimum Gasteiger partial charge on any atom is -0.308 e. The summed E-state index contributed by atoms with van der Waals surface area (Å²) in [5, 5.41) is 0. The predicted molar refractivity (Wildman–Crippen MR) is 45.5 cm³/mol. The van der Waals surface area contributed by atoms with E-state index in [1.165, 1.54) is 19.2 Å². The molecule has 0 radical (unpaired) electrons. The lowest BCUT2D eigenvalue weighted by Crippen LogP contribution is -1.86. The van der Waals surface area contributed by atoms with Gasteiger partial charge in [0.25, 0.3) is 0 Å². The zero-order valence-corrected chi connectivity index (χ0v) is 6.75. The molecule has 0 bridgehead atoms. The van der Waals surface area contributed by atoms with E-state index in [0.717, 1.165) is 0 Å². The Bertz CT molecular complexity index is 250. The number of hydrogen-bond acceptors (Lipinski definition) is 2. The molecule has 0 saturated carbocycles. The second-order valence-corrected chi connectivity index (χ2v) is 1.89. The molecule has 3 heteroatoms. The fraction of sp³-hybridized carbons (Fsp3) is 0.111. The average molecular weight is 167 g/mol. The zero-order chi connectivity index (χ0) is 9.40. The van der Waals surface area contributed by atoms with Gasteiger partial charge in [0.2, 0.25) is 0 Å². The summed E-state index contributed by atoms with van der Waals surface area (Å²) in [6, 6.07) is 5.81. The number of halogens is 1. The summed E-state index contributed by atoms with van der Waals surface area (Å²) in [5.41, 5.74) is 0.705. The number of hydrogen-bond donors (Lipinski definition) is 1. The molecule has 2 nitrogen and oxygen atoms in total. The first kappa shape index (κ1) is 10.6. The third-order valence-electron chi connectivity index (χ3n) is 1.01. The summed E-state index contributed by atoms with van der Waals surface area (Å²) in [7, 11) is 1.40. The second kappa shape index (κ2) is 6.35. The molecule has 0 spiro atoms. The molecular weight excluding hydrogens is 157 g/mol. The van der Waals surface area contributed by atoms with E-state index in [0.29, 0.717) is 5.56 Å². The van der Waals surface area contributed by atoms with Crippen LogP contribution in [-0.2, 0) is 4.84 Å². The third-order valence-corrected chi connectivity index (χ3v) is 1.01. The van der Waals surface area contributed by atoms with Gasteiger partial charge in [-0.05, 0) is 24.3 Å². The van der Waals surface area contributed by atoms with E-state index in [4.69, 9.17) is 6.42 Å². The number of rotatable bonds is 0. The lowest BCUT2D eigenvalue weighted by Gasteiger charge is -1.86. The maximum absolute atomic E-state index is 12.2. The molecule has 0 unspecified atom stereocenters. The van der Waals surface area contributed by atoms with Crippen LogP contribution >= 0.6 is 0 Å². The Hall–Kier alpha value is -1.37. The van der Waals surface area contributed by atoms with Crippen LogP contribution in [0.25, 0.3) is 0 Å². The standard InChI is InChI=1S/C8H5F.CH5NO/c1-2-7-3-5-8(9)6-4-7;1-3-2/h1,3-6H;2H2,1H3. The lowest BCUT2D eigenvalue weighted by atomic mass is 10.2. The fourth-order valence-electron chi connectivity index (χ4n) is 0.546. The predicted octanol–water partition coefficient (Wildman–Crippen LogP) is 1.31. The highest BCUT2D eigenvalue weighted by Crippen LogP contribution is 1.99. The monoisotopic (exact) mass is 167 g/mol. The Balaban J connectivity index is 0.000000354. The average Bonchev–Trinajstić information content (AvgIpc) is 2.07. The van der Waals surface area contributed by atoms with E-state index in [1.807, 2.05) is 0 Å². The Kier molecular flexibility index (Phi) is 5.62. The molecule has 64 valence electrons. The minimum atomic E-state index is -0.256. The fourth-order valence-corrected chi connectivity index (χ4v) is 0.546. The van der Waals surface area contributed by atoms with E-state index < -0.39 is 0 Å². The van der Waals surface area contributed by atoms with Gasteiger partial charge in [0.15, 0.2) is 0 Å². The molecule has 0 aromatic heterocycles. The van der Waals surface area contributed by atoms with Gasteiger partial charge in [-0.3, -0.25) is 0 Å². The van der Waals surface area contributed by atoms with Crippen LogP contribution in [0.5, 0.6) is 0 Å². The molecule has 0 heterocycles. The number of terminal acetylenes is 1. The van der Waals surface area contributed by atoms with Gasteiger partial charge in [-0.15, -0.1) is 6.42 Å². The van der Waals surface area contributed by atoms with Crippen molar-refractivity contribution in [2.45, 2.75) is 0 Å². The molecule has 0 aliphatic carbocycles. The number of benzene rings is 1. The van der Waals surface area contributed by atoms with Crippen molar-refractivity contribution in [2.24, 2.45) is 5.90 Å². The molecule has 0 amide bonds. The Morgan fingerprint density at radius 1 is 1.42 bits per heavy atom. The van der Waals surface area contributed by atoms with E-state index in [-0.39, 0.29) is 5.82 Å². The maximum atomic E-state index is 12.2. The summed E-state index contributed by atoms with van der Waals surface area (Å²) in [4.78, 5) is 3.75. The highest BCUT2D eigenvalue weighted by Gasteiger charge is 1.86. The molecule has 1 aromatic carbocycles. The maximum Gasteiger partial charge on any atom is 0.123 e. The molecule has 0 aliphatic rings. The van der Waals surface area contributed by atoms with Crippen molar-refractivity contribution >= 4 is 0 Å². The van der Waals surface area contributed by atoms with Gasteiger partial charge in [-0.2, -0.15) is 0 Å². The molecular formula is C9H10FNO. The Labute approximate surface area is 71.1 Å². The first-order chi connectivity index (χ1) is 5.74. The largest absolute Gasteiger partial charge is 0.308 e. The van der Waals surface area contributed by atoms with Crippen molar-refractivity contribution in [1.29, 1.82) is 0 Å².